The smallest absolute Gasteiger partial charge is 0.320 e. The van der Waals surface area contributed by atoms with Crippen LogP contribution in [-0.4, -0.2) is 62.7 Å². The largest absolute Gasteiger partial charge is 0.468 e. The number of methoxy groups -OCH3 is 3. The van der Waals surface area contributed by atoms with Gasteiger partial charge in [0.25, 0.3) is 0 Å². The first-order valence-corrected chi connectivity index (χ1v) is 9.48. The van der Waals surface area contributed by atoms with E-state index >= 15 is 0 Å². The molecule has 25 heavy (non-hydrogen) atoms. The lowest BCUT2D eigenvalue weighted by Crippen LogP contribution is -2.52. The van der Waals surface area contributed by atoms with Gasteiger partial charge in [-0.15, -0.1) is 0 Å². The van der Waals surface area contributed by atoms with Gasteiger partial charge in [-0.1, -0.05) is 29.3 Å². The lowest BCUT2D eigenvalue weighted by molar-refractivity contribution is -0.183. The summed E-state index contributed by atoms with van der Waals surface area (Å²) in [6.07, 6.45) is 1.70. The summed E-state index contributed by atoms with van der Waals surface area (Å²) in [6, 6.07) is 0. The van der Waals surface area contributed by atoms with Crippen LogP contribution in [0.15, 0.2) is 0 Å². The van der Waals surface area contributed by atoms with E-state index in [0.717, 1.165) is 12.8 Å². The van der Waals surface area contributed by atoms with Gasteiger partial charge in [-0.3, -0.25) is 9.59 Å². The van der Waals surface area contributed by atoms with Crippen LogP contribution in [-0.2, 0) is 28.5 Å². The normalized spacial score (nSPS) is 27.8. The number of aliphatic hydroxyl groups excluding tert-OH is 1. The van der Waals surface area contributed by atoms with E-state index in [1.807, 2.05) is 6.92 Å². The minimum Gasteiger partial charge on any atom is -0.468 e. The number of ether oxygens (including phenoxy) is 4. The predicted molar refractivity (Wildman–Crippen MR) is 94.1 cm³/mol. The van der Waals surface area contributed by atoms with Crippen LogP contribution in [0.2, 0.25) is 0 Å². The highest BCUT2D eigenvalue weighted by Gasteiger charge is 2.53. The number of halogens is 1. The lowest BCUT2D eigenvalue weighted by Gasteiger charge is -2.49. The second-order valence-electron chi connectivity index (χ2n) is 6.64. The number of aliphatic hydroxyl groups is 1. The first-order valence-electron chi connectivity index (χ1n) is 8.35. The Morgan fingerprint density at radius 2 is 1.80 bits per heavy atom. The van der Waals surface area contributed by atoms with Crippen LogP contribution < -0.4 is 0 Å². The fourth-order valence-electron chi connectivity index (χ4n) is 3.92. The van der Waals surface area contributed by atoms with Crippen molar-refractivity contribution < 1.29 is 33.6 Å². The van der Waals surface area contributed by atoms with Gasteiger partial charge in [0.15, 0.2) is 5.92 Å². The van der Waals surface area contributed by atoms with Crippen molar-refractivity contribution in [2.24, 2.45) is 17.3 Å². The van der Waals surface area contributed by atoms with E-state index in [4.69, 9.17) is 18.9 Å². The van der Waals surface area contributed by atoms with Crippen LogP contribution in [0.3, 0.4) is 0 Å². The van der Waals surface area contributed by atoms with Crippen molar-refractivity contribution in [3.8, 4) is 0 Å². The zero-order chi connectivity index (χ0) is 19.0. The Labute approximate surface area is 157 Å². The minimum atomic E-state index is -1.04. The molecule has 8 heteroatoms. The second kappa shape index (κ2) is 10.4. The van der Waals surface area contributed by atoms with Gasteiger partial charge < -0.3 is 24.1 Å². The number of hydrogen-bond donors (Lipinski definition) is 1. The van der Waals surface area contributed by atoms with Crippen LogP contribution in [0.4, 0.5) is 0 Å². The molecule has 1 saturated carbocycles. The summed E-state index contributed by atoms with van der Waals surface area (Å²) in [5.74, 6) is -2.65. The molecule has 0 saturated heterocycles. The Bertz CT molecular complexity index is 429. The number of carbonyl (C=O) groups excluding carboxylic acids is 2. The highest BCUT2D eigenvalue weighted by Crippen LogP contribution is 2.50. The van der Waals surface area contributed by atoms with Crippen LogP contribution in [0.1, 0.15) is 32.6 Å². The maximum absolute atomic E-state index is 12.3. The molecule has 4 atom stereocenters. The average Bonchev–Trinajstić information content (AvgIpc) is 2.61. The molecule has 0 aromatic rings. The van der Waals surface area contributed by atoms with Gasteiger partial charge in [0, 0.05) is 17.9 Å². The van der Waals surface area contributed by atoms with Crippen molar-refractivity contribution in [2.75, 3.05) is 33.5 Å². The Morgan fingerprint density at radius 1 is 1.20 bits per heavy atom. The average molecular weight is 425 g/mol. The molecule has 0 aromatic carbocycles. The molecule has 1 fully saturated rings. The van der Waals surface area contributed by atoms with E-state index in [2.05, 4.69) is 15.9 Å². The Hall–Kier alpha value is -0.700. The third kappa shape index (κ3) is 5.39. The molecule has 0 bridgehead atoms. The quantitative estimate of drug-likeness (QED) is 0.261. The first-order chi connectivity index (χ1) is 11.8. The number of rotatable bonds is 9. The lowest BCUT2D eigenvalue weighted by atomic mass is 9.59. The van der Waals surface area contributed by atoms with Crippen molar-refractivity contribution in [3.05, 3.63) is 0 Å². The zero-order valence-corrected chi connectivity index (χ0v) is 16.9. The molecule has 146 valence electrons. The first kappa shape index (κ1) is 22.3. The molecule has 0 radical (unpaired) electrons. The summed E-state index contributed by atoms with van der Waals surface area (Å²) < 4.78 is 20.6. The van der Waals surface area contributed by atoms with Crippen molar-refractivity contribution in [3.63, 3.8) is 0 Å². The summed E-state index contributed by atoms with van der Waals surface area (Å²) in [7, 11) is 4.05. The Kier molecular flexibility index (Phi) is 9.34. The molecule has 0 unspecified atom stereocenters. The van der Waals surface area contributed by atoms with E-state index < -0.39 is 29.4 Å². The van der Waals surface area contributed by atoms with E-state index in [1.165, 1.54) is 21.3 Å². The van der Waals surface area contributed by atoms with Crippen LogP contribution in [0.5, 0.6) is 0 Å². The molecule has 0 aromatic heterocycles. The van der Waals surface area contributed by atoms with Crippen molar-refractivity contribution in [1.29, 1.82) is 0 Å². The Balaban J connectivity index is 3.24. The molecular formula is C17H29BrO7. The van der Waals surface area contributed by atoms with Crippen LogP contribution >= 0.6 is 15.9 Å². The van der Waals surface area contributed by atoms with Crippen molar-refractivity contribution in [2.45, 2.75) is 44.8 Å². The van der Waals surface area contributed by atoms with Gasteiger partial charge in [-0.25, -0.2) is 0 Å². The highest BCUT2D eigenvalue weighted by atomic mass is 79.9. The third-order valence-corrected chi connectivity index (χ3v) is 5.86. The number of hydrogen-bond acceptors (Lipinski definition) is 7. The second-order valence-corrected chi connectivity index (χ2v) is 7.29. The number of esters is 2. The van der Waals surface area contributed by atoms with Gasteiger partial charge in [0.1, 0.15) is 6.79 Å². The minimum absolute atomic E-state index is 0.110. The maximum Gasteiger partial charge on any atom is 0.320 e. The van der Waals surface area contributed by atoms with Gasteiger partial charge in [-0.2, -0.15) is 0 Å². The van der Waals surface area contributed by atoms with E-state index in [9.17, 15) is 14.7 Å². The van der Waals surface area contributed by atoms with Gasteiger partial charge in [0.05, 0.1) is 26.4 Å². The van der Waals surface area contributed by atoms with E-state index in [-0.39, 0.29) is 18.8 Å². The highest BCUT2D eigenvalue weighted by molar-refractivity contribution is 9.09. The Morgan fingerprint density at radius 3 is 2.28 bits per heavy atom. The molecule has 0 aliphatic heterocycles. The zero-order valence-electron chi connectivity index (χ0n) is 15.3. The molecule has 1 N–H and O–H groups in total. The fraction of sp³-hybridized carbons (Fsp3) is 0.882. The SMILES string of the molecule is COCO[C@@H]1CCC[C@H](C(C(=O)OC)C(=O)OC)[C@@]1(C)C[C@@H](O)CBr. The van der Waals surface area contributed by atoms with E-state index in [0.29, 0.717) is 18.2 Å². The topological polar surface area (TPSA) is 91.3 Å². The monoisotopic (exact) mass is 424 g/mol. The third-order valence-electron chi connectivity index (χ3n) is 5.12. The molecule has 1 aliphatic rings. The molecular weight excluding hydrogens is 396 g/mol. The standard InChI is InChI=1S/C17H29BrO7/c1-17(8-11(19)9-18)12(6-5-7-13(17)25-10-22-2)14(15(20)23-3)16(21)24-4/h11-14,19H,5-10H2,1-4H3/t11-,12-,13-,17-/m1/s1. The summed E-state index contributed by atoms with van der Waals surface area (Å²) in [5.41, 5.74) is -0.614. The van der Waals surface area contributed by atoms with Crippen molar-refractivity contribution in [1.82, 2.24) is 0 Å². The van der Waals surface area contributed by atoms with Crippen LogP contribution in [0, 0.1) is 17.3 Å². The number of alkyl halides is 1. The molecule has 1 rings (SSSR count). The summed E-state index contributed by atoms with van der Waals surface area (Å²) >= 11 is 3.28. The predicted octanol–water partition coefficient (Wildman–Crippen LogP) is 1.89. The van der Waals surface area contributed by atoms with Gasteiger partial charge in [0.2, 0.25) is 0 Å². The van der Waals surface area contributed by atoms with Gasteiger partial charge in [-0.05, 0) is 25.2 Å². The molecule has 0 heterocycles. The van der Waals surface area contributed by atoms with Gasteiger partial charge >= 0.3 is 11.9 Å². The summed E-state index contributed by atoms with van der Waals surface area (Å²) in [4.78, 5) is 24.6. The summed E-state index contributed by atoms with van der Waals surface area (Å²) in [6.45, 7) is 2.06. The molecule has 0 amide bonds. The molecule has 7 nitrogen and oxygen atoms in total. The van der Waals surface area contributed by atoms with Crippen molar-refractivity contribution >= 4 is 27.9 Å². The molecule has 0 spiro atoms. The van der Waals surface area contributed by atoms with E-state index in [1.54, 1.807) is 0 Å². The number of carbonyl (C=O) groups is 2. The fourth-order valence-corrected chi connectivity index (χ4v) is 4.15. The van der Waals surface area contributed by atoms with Crippen LogP contribution in [0.25, 0.3) is 0 Å². The summed E-state index contributed by atoms with van der Waals surface area (Å²) in [5, 5.41) is 10.6. The molecule has 1 aliphatic carbocycles. The maximum atomic E-state index is 12.3.